The van der Waals surface area contributed by atoms with Crippen LogP contribution in [0.4, 0.5) is 5.69 Å². The molecule has 2 rings (SSSR count). The van der Waals surface area contributed by atoms with Gasteiger partial charge in [0, 0.05) is 12.8 Å². The number of esters is 1. The third-order valence-corrected chi connectivity index (χ3v) is 3.11. The van der Waals surface area contributed by atoms with Crippen LogP contribution in [0.5, 0.6) is 0 Å². The molecule has 122 valence electrons. The Morgan fingerprint density at radius 1 is 1.17 bits per heavy atom. The summed E-state index contributed by atoms with van der Waals surface area (Å²) >= 11 is 0. The van der Waals surface area contributed by atoms with Gasteiger partial charge in [0.25, 0.3) is 5.91 Å². The molecule has 2 aromatic rings. The number of nitrogens with one attached hydrogen (secondary N) is 1. The number of anilines is 1. The molecular formula is C18H16N2O4. The molecule has 0 spiro atoms. The number of amides is 1. The Balaban J connectivity index is 1.87. The summed E-state index contributed by atoms with van der Waals surface area (Å²) in [6, 6.07) is 15.2. The van der Waals surface area contributed by atoms with Crippen molar-refractivity contribution in [2.24, 2.45) is 0 Å². The second-order valence-corrected chi connectivity index (χ2v) is 4.95. The number of carbonyl (C=O) groups excluding carboxylic acids is 2. The van der Waals surface area contributed by atoms with E-state index in [9.17, 15) is 9.59 Å². The molecule has 0 atom stereocenters. The molecule has 0 radical (unpaired) electrons. The molecular weight excluding hydrogens is 308 g/mol. The highest BCUT2D eigenvalue weighted by atomic mass is 16.5. The fraction of sp³-hybridized carbons (Fsp3) is 0.167. The smallest absolute Gasteiger partial charge is 0.338 e. The van der Waals surface area contributed by atoms with Gasteiger partial charge in [0.05, 0.1) is 23.8 Å². The lowest BCUT2D eigenvalue weighted by Gasteiger charge is -2.07. The van der Waals surface area contributed by atoms with Crippen LogP contribution in [0.3, 0.4) is 0 Å². The Morgan fingerprint density at radius 3 is 2.58 bits per heavy atom. The lowest BCUT2D eigenvalue weighted by atomic mass is 10.1. The highest BCUT2D eigenvalue weighted by Crippen LogP contribution is 2.10. The number of hydrogen-bond donors (Lipinski definition) is 1. The Bertz CT molecular complexity index is 763. The number of carbonyl (C=O) groups is 2. The number of hydrogen-bond acceptors (Lipinski definition) is 5. The van der Waals surface area contributed by atoms with E-state index in [0.29, 0.717) is 23.4 Å². The number of methoxy groups -OCH3 is 1. The van der Waals surface area contributed by atoms with Gasteiger partial charge in [-0.05, 0) is 42.0 Å². The average Bonchev–Trinajstić information content (AvgIpc) is 2.61. The topological polar surface area (TPSA) is 88.4 Å². The van der Waals surface area contributed by atoms with Crippen LogP contribution in [0.25, 0.3) is 0 Å². The third-order valence-electron chi connectivity index (χ3n) is 3.11. The molecule has 0 fully saturated rings. The van der Waals surface area contributed by atoms with Crippen molar-refractivity contribution in [3.8, 4) is 6.07 Å². The Kier molecular flexibility index (Phi) is 6.06. The Labute approximate surface area is 139 Å². The first-order valence-corrected chi connectivity index (χ1v) is 7.17. The van der Waals surface area contributed by atoms with Gasteiger partial charge in [-0.2, -0.15) is 5.26 Å². The number of rotatable bonds is 6. The molecule has 0 saturated heterocycles. The van der Waals surface area contributed by atoms with Crippen molar-refractivity contribution in [1.29, 1.82) is 5.26 Å². The summed E-state index contributed by atoms with van der Waals surface area (Å²) in [5.74, 6) is -1.04. The van der Waals surface area contributed by atoms with Gasteiger partial charge in [-0.15, -0.1) is 0 Å². The van der Waals surface area contributed by atoms with Crippen molar-refractivity contribution >= 4 is 17.6 Å². The van der Waals surface area contributed by atoms with E-state index in [0.717, 1.165) is 5.56 Å². The summed E-state index contributed by atoms with van der Waals surface area (Å²) < 4.78 is 10.0. The molecule has 24 heavy (non-hydrogen) atoms. The fourth-order valence-corrected chi connectivity index (χ4v) is 1.99. The molecule has 0 heterocycles. The maximum Gasteiger partial charge on any atom is 0.338 e. The molecule has 0 bridgehead atoms. The number of nitrogens with zero attached hydrogens (tertiary/aromatic N) is 1. The van der Waals surface area contributed by atoms with E-state index in [2.05, 4.69) is 5.32 Å². The molecule has 0 unspecified atom stereocenters. The van der Waals surface area contributed by atoms with E-state index >= 15 is 0 Å². The van der Waals surface area contributed by atoms with Gasteiger partial charge in [0.1, 0.15) is 0 Å². The molecule has 1 N–H and O–H groups in total. The van der Waals surface area contributed by atoms with E-state index in [4.69, 9.17) is 14.7 Å². The third kappa shape index (κ3) is 4.93. The minimum absolute atomic E-state index is 0.357. The summed E-state index contributed by atoms with van der Waals surface area (Å²) in [6.45, 7) is -0.00631. The van der Waals surface area contributed by atoms with Crippen LogP contribution in [0.15, 0.2) is 48.5 Å². The largest absolute Gasteiger partial charge is 0.452 e. The number of nitriles is 1. The minimum Gasteiger partial charge on any atom is -0.452 e. The normalized spacial score (nSPS) is 9.83. The Morgan fingerprint density at radius 2 is 1.92 bits per heavy atom. The van der Waals surface area contributed by atoms with Crippen LogP contribution in [-0.4, -0.2) is 25.6 Å². The van der Waals surface area contributed by atoms with Crippen molar-refractivity contribution in [3.05, 3.63) is 65.2 Å². The van der Waals surface area contributed by atoms with Crippen LogP contribution < -0.4 is 5.32 Å². The van der Waals surface area contributed by atoms with Crippen molar-refractivity contribution < 1.29 is 19.1 Å². The first-order chi connectivity index (χ1) is 11.6. The molecule has 0 aliphatic heterocycles. The maximum absolute atomic E-state index is 12.0. The first-order valence-electron chi connectivity index (χ1n) is 7.17. The summed E-state index contributed by atoms with van der Waals surface area (Å²) in [5.41, 5.74) is 2.22. The van der Waals surface area contributed by atoms with Gasteiger partial charge in [0.2, 0.25) is 0 Å². The maximum atomic E-state index is 12.0. The van der Waals surface area contributed by atoms with Crippen LogP contribution in [0.2, 0.25) is 0 Å². The molecule has 6 nitrogen and oxygen atoms in total. The van der Waals surface area contributed by atoms with Gasteiger partial charge in [-0.25, -0.2) is 4.79 Å². The van der Waals surface area contributed by atoms with E-state index in [1.165, 1.54) is 0 Å². The predicted molar refractivity (Wildman–Crippen MR) is 87.2 cm³/mol. The number of benzene rings is 2. The standard InChI is InChI=1S/C18H16N2O4/c1-23-11-14-3-2-4-15(9-14)18(22)24-12-17(21)20-16-7-5-13(10-19)6-8-16/h2-9H,11-12H2,1H3,(H,20,21). The molecule has 6 heteroatoms. The van der Waals surface area contributed by atoms with Crippen LogP contribution in [0, 0.1) is 11.3 Å². The second kappa shape index (κ2) is 8.46. The van der Waals surface area contributed by atoms with Gasteiger partial charge in [0.15, 0.2) is 6.61 Å². The average molecular weight is 324 g/mol. The second-order valence-electron chi connectivity index (χ2n) is 4.95. The van der Waals surface area contributed by atoms with Crippen molar-refractivity contribution in [2.75, 3.05) is 19.0 Å². The van der Waals surface area contributed by atoms with Gasteiger partial charge < -0.3 is 14.8 Å². The highest BCUT2D eigenvalue weighted by molar-refractivity contribution is 5.95. The lowest BCUT2D eigenvalue weighted by Crippen LogP contribution is -2.21. The minimum atomic E-state index is -0.581. The van der Waals surface area contributed by atoms with E-state index in [1.54, 1.807) is 49.6 Å². The van der Waals surface area contributed by atoms with Crippen molar-refractivity contribution in [1.82, 2.24) is 0 Å². The van der Waals surface area contributed by atoms with Gasteiger partial charge in [-0.3, -0.25) is 4.79 Å². The Hall–Kier alpha value is -3.17. The number of ether oxygens (including phenoxy) is 2. The zero-order chi connectivity index (χ0) is 17.4. The first kappa shape index (κ1) is 17.2. The monoisotopic (exact) mass is 324 g/mol. The van der Waals surface area contributed by atoms with Crippen LogP contribution in [-0.2, 0) is 20.9 Å². The van der Waals surface area contributed by atoms with Crippen LogP contribution >= 0.6 is 0 Å². The molecule has 1 amide bonds. The molecule has 0 saturated carbocycles. The van der Waals surface area contributed by atoms with E-state index in [-0.39, 0.29) is 0 Å². The summed E-state index contributed by atoms with van der Waals surface area (Å²) in [4.78, 5) is 23.8. The molecule has 0 aromatic heterocycles. The fourth-order valence-electron chi connectivity index (χ4n) is 1.99. The van der Waals surface area contributed by atoms with Gasteiger partial charge in [-0.1, -0.05) is 12.1 Å². The zero-order valence-corrected chi connectivity index (χ0v) is 13.1. The predicted octanol–water partition coefficient (Wildman–Crippen LogP) is 2.50. The van der Waals surface area contributed by atoms with Crippen molar-refractivity contribution in [2.45, 2.75) is 6.61 Å². The molecule has 2 aromatic carbocycles. The highest BCUT2D eigenvalue weighted by Gasteiger charge is 2.11. The van der Waals surface area contributed by atoms with Crippen molar-refractivity contribution in [3.63, 3.8) is 0 Å². The van der Waals surface area contributed by atoms with Crippen LogP contribution in [0.1, 0.15) is 21.5 Å². The lowest BCUT2D eigenvalue weighted by molar-refractivity contribution is -0.119. The quantitative estimate of drug-likeness (QED) is 0.825. The molecule has 0 aliphatic rings. The summed E-state index contributed by atoms with van der Waals surface area (Å²) in [5, 5.41) is 11.3. The van der Waals surface area contributed by atoms with Gasteiger partial charge >= 0.3 is 5.97 Å². The SMILES string of the molecule is COCc1cccc(C(=O)OCC(=O)Nc2ccc(C#N)cc2)c1. The van der Waals surface area contributed by atoms with E-state index in [1.807, 2.05) is 12.1 Å². The zero-order valence-electron chi connectivity index (χ0n) is 13.1. The summed E-state index contributed by atoms with van der Waals surface area (Å²) in [6.07, 6.45) is 0. The molecule has 0 aliphatic carbocycles. The van der Waals surface area contributed by atoms with E-state index < -0.39 is 18.5 Å². The summed E-state index contributed by atoms with van der Waals surface area (Å²) in [7, 11) is 1.57.